The summed E-state index contributed by atoms with van der Waals surface area (Å²) in [5.41, 5.74) is 0.891. The van der Waals surface area contributed by atoms with Gasteiger partial charge in [-0.05, 0) is 42.8 Å². The summed E-state index contributed by atoms with van der Waals surface area (Å²) in [6.07, 6.45) is 0. The van der Waals surface area contributed by atoms with E-state index in [4.69, 9.17) is 30.5 Å². The van der Waals surface area contributed by atoms with Crippen LogP contribution in [0, 0.1) is 0 Å². The summed E-state index contributed by atoms with van der Waals surface area (Å²) in [5, 5.41) is 11.6. The van der Waals surface area contributed by atoms with E-state index in [1.54, 1.807) is 36.4 Å². The molecular formula is C24H24ClNO7. The number of ether oxygens (including phenoxy) is 4. The number of ketones is 1. The number of likely N-dealkylation sites (tertiary alicyclic amines) is 1. The number of hydrogen-bond donors (Lipinski definition) is 1. The van der Waals surface area contributed by atoms with Crippen LogP contribution < -0.4 is 14.2 Å². The van der Waals surface area contributed by atoms with E-state index in [0.29, 0.717) is 53.2 Å². The minimum absolute atomic E-state index is 0.0300. The molecule has 0 bridgehead atoms. The first-order chi connectivity index (χ1) is 16.0. The zero-order valence-electron chi connectivity index (χ0n) is 18.3. The molecule has 2 aliphatic heterocycles. The number of carbonyl (C=O) groups excluding carboxylic acids is 2. The second-order valence-electron chi connectivity index (χ2n) is 7.47. The van der Waals surface area contributed by atoms with Crippen molar-refractivity contribution in [1.29, 1.82) is 0 Å². The van der Waals surface area contributed by atoms with E-state index in [9.17, 15) is 14.7 Å². The van der Waals surface area contributed by atoms with Crippen molar-refractivity contribution in [1.82, 2.24) is 4.90 Å². The molecule has 0 aliphatic carbocycles. The normalized spacial score (nSPS) is 19.1. The molecule has 2 aromatic rings. The Morgan fingerprint density at radius 3 is 2.64 bits per heavy atom. The molecule has 1 fully saturated rings. The SMILES string of the molecule is CCOc1cc(/C(O)=C2/C(=O)C(=O)N(CCOC)C2c2ccc3c(c2)OCCO3)ccc1Cl. The van der Waals surface area contributed by atoms with Crippen LogP contribution in [0.15, 0.2) is 42.0 Å². The molecule has 1 saturated heterocycles. The number of benzene rings is 2. The van der Waals surface area contributed by atoms with Crippen molar-refractivity contribution >= 4 is 29.1 Å². The number of carbonyl (C=O) groups is 2. The zero-order valence-corrected chi connectivity index (χ0v) is 19.1. The van der Waals surface area contributed by atoms with Crippen molar-refractivity contribution in [3.05, 3.63) is 58.1 Å². The fourth-order valence-corrected chi connectivity index (χ4v) is 4.12. The number of aliphatic hydroxyl groups excluding tert-OH is 1. The van der Waals surface area contributed by atoms with Crippen LogP contribution in [-0.2, 0) is 14.3 Å². The number of Topliss-reactive ketones (excluding diaryl/α,β-unsaturated/α-hetero) is 1. The van der Waals surface area contributed by atoms with Crippen molar-refractivity contribution in [2.45, 2.75) is 13.0 Å². The molecule has 1 atom stereocenters. The second kappa shape index (κ2) is 9.72. The number of halogens is 1. The van der Waals surface area contributed by atoms with Gasteiger partial charge < -0.3 is 29.0 Å². The monoisotopic (exact) mass is 473 g/mol. The summed E-state index contributed by atoms with van der Waals surface area (Å²) in [4.78, 5) is 27.4. The molecule has 2 aliphatic rings. The molecule has 0 aromatic heterocycles. The van der Waals surface area contributed by atoms with Gasteiger partial charge >= 0.3 is 0 Å². The molecule has 33 heavy (non-hydrogen) atoms. The predicted octanol–water partition coefficient (Wildman–Crippen LogP) is 3.58. The summed E-state index contributed by atoms with van der Waals surface area (Å²) in [7, 11) is 1.51. The van der Waals surface area contributed by atoms with Gasteiger partial charge in [0.05, 0.1) is 29.9 Å². The largest absolute Gasteiger partial charge is 0.507 e. The van der Waals surface area contributed by atoms with Gasteiger partial charge in [0.15, 0.2) is 11.5 Å². The van der Waals surface area contributed by atoms with Gasteiger partial charge in [-0.1, -0.05) is 17.7 Å². The third kappa shape index (κ3) is 4.36. The van der Waals surface area contributed by atoms with E-state index in [-0.39, 0.29) is 24.5 Å². The Balaban J connectivity index is 1.84. The van der Waals surface area contributed by atoms with E-state index in [2.05, 4.69) is 0 Å². The minimum Gasteiger partial charge on any atom is -0.507 e. The molecule has 2 heterocycles. The summed E-state index contributed by atoms with van der Waals surface area (Å²) in [6, 6.07) is 9.07. The van der Waals surface area contributed by atoms with E-state index in [1.807, 2.05) is 6.92 Å². The van der Waals surface area contributed by atoms with Gasteiger partial charge in [-0.2, -0.15) is 0 Å². The second-order valence-corrected chi connectivity index (χ2v) is 7.87. The average molecular weight is 474 g/mol. The van der Waals surface area contributed by atoms with Gasteiger partial charge in [-0.3, -0.25) is 9.59 Å². The van der Waals surface area contributed by atoms with Crippen LogP contribution in [0.5, 0.6) is 17.2 Å². The highest BCUT2D eigenvalue weighted by Gasteiger charge is 2.46. The molecule has 2 aromatic carbocycles. The van der Waals surface area contributed by atoms with Crippen molar-refractivity contribution in [3.63, 3.8) is 0 Å². The van der Waals surface area contributed by atoms with E-state index in [0.717, 1.165) is 0 Å². The molecule has 8 nitrogen and oxygen atoms in total. The molecule has 9 heteroatoms. The van der Waals surface area contributed by atoms with Gasteiger partial charge in [0, 0.05) is 19.2 Å². The maximum absolute atomic E-state index is 13.1. The Labute approximate surface area is 196 Å². The number of methoxy groups -OCH3 is 1. The average Bonchev–Trinajstić information content (AvgIpc) is 3.08. The fourth-order valence-electron chi connectivity index (χ4n) is 3.95. The number of hydrogen-bond acceptors (Lipinski definition) is 7. The third-order valence-electron chi connectivity index (χ3n) is 5.46. The van der Waals surface area contributed by atoms with Crippen molar-refractivity contribution in [2.24, 2.45) is 0 Å². The number of amides is 1. The Morgan fingerprint density at radius 1 is 1.15 bits per heavy atom. The lowest BCUT2D eigenvalue weighted by Gasteiger charge is -2.26. The first kappa shape index (κ1) is 22.9. The lowest BCUT2D eigenvalue weighted by Crippen LogP contribution is -2.32. The lowest BCUT2D eigenvalue weighted by atomic mass is 9.95. The predicted molar refractivity (Wildman–Crippen MR) is 121 cm³/mol. The first-order valence-corrected chi connectivity index (χ1v) is 10.9. The van der Waals surface area contributed by atoms with Crippen LogP contribution in [0.1, 0.15) is 24.1 Å². The maximum atomic E-state index is 13.1. The van der Waals surface area contributed by atoms with Gasteiger partial charge in [-0.25, -0.2) is 0 Å². The zero-order chi connectivity index (χ0) is 23.5. The smallest absolute Gasteiger partial charge is 0.295 e. The molecule has 0 radical (unpaired) electrons. The quantitative estimate of drug-likeness (QED) is 0.373. The fraction of sp³-hybridized carbons (Fsp3) is 0.333. The number of fused-ring (bicyclic) bond motifs is 1. The summed E-state index contributed by atoms with van der Waals surface area (Å²) >= 11 is 6.17. The van der Waals surface area contributed by atoms with Crippen LogP contribution in [0.25, 0.3) is 5.76 Å². The molecule has 1 unspecified atom stereocenters. The molecule has 174 valence electrons. The van der Waals surface area contributed by atoms with E-state index in [1.165, 1.54) is 12.0 Å². The van der Waals surface area contributed by atoms with E-state index < -0.39 is 17.7 Å². The first-order valence-electron chi connectivity index (χ1n) is 10.6. The standard InChI is InChI=1S/C24H24ClNO7/c1-3-31-18-13-15(4-6-16(18)25)22(27)20-21(26(8-9-30-2)24(29)23(20)28)14-5-7-17-19(12-14)33-11-10-32-17/h4-7,12-13,21,27H,3,8-11H2,1-2H3/b22-20-. The van der Waals surface area contributed by atoms with Crippen LogP contribution in [0.4, 0.5) is 0 Å². The summed E-state index contributed by atoms with van der Waals surface area (Å²) in [6.45, 7) is 3.42. The molecule has 0 saturated carbocycles. The molecule has 1 N–H and O–H groups in total. The molecule has 1 amide bonds. The Hall–Kier alpha value is -3.23. The van der Waals surface area contributed by atoms with Gasteiger partial charge in [0.25, 0.3) is 11.7 Å². The Kier molecular flexibility index (Phi) is 6.76. The maximum Gasteiger partial charge on any atom is 0.295 e. The topological polar surface area (TPSA) is 94.5 Å². The van der Waals surface area contributed by atoms with Gasteiger partial charge in [0.2, 0.25) is 0 Å². The van der Waals surface area contributed by atoms with Crippen LogP contribution >= 0.6 is 11.6 Å². The third-order valence-corrected chi connectivity index (χ3v) is 5.77. The van der Waals surface area contributed by atoms with E-state index >= 15 is 0 Å². The lowest BCUT2D eigenvalue weighted by molar-refractivity contribution is -0.140. The van der Waals surface area contributed by atoms with Crippen LogP contribution in [0.3, 0.4) is 0 Å². The number of nitrogens with zero attached hydrogens (tertiary/aromatic N) is 1. The van der Waals surface area contributed by atoms with Gasteiger partial charge in [-0.15, -0.1) is 0 Å². The molecule has 4 rings (SSSR count). The summed E-state index contributed by atoms with van der Waals surface area (Å²) < 4.78 is 21.9. The van der Waals surface area contributed by atoms with Crippen molar-refractivity contribution in [3.8, 4) is 17.2 Å². The number of aliphatic hydroxyl groups is 1. The van der Waals surface area contributed by atoms with Crippen molar-refractivity contribution < 1.29 is 33.6 Å². The highest BCUT2D eigenvalue weighted by molar-refractivity contribution is 6.46. The van der Waals surface area contributed by atoms with Gasteiger partial charge in [0.1, 0.15) is 24.7 Å². The summed E-state index contributed by atoms with van der Waals surface area (Å²) in [5.74, 6) is -0.346. The molecular weight excluding hydrogens is 450 g/mol. The highest BCUT2D eigenvalue weighted by Crippen LogP contribution is 2.43. The van der Waals surface area contributed by atoms with Crippen molar-refractivity contribution in [2.75, 3.05) is 40.1 Å². The number of rotatable bonds is 7. The molecule has 0 spiro atoms. The Bertz CT molecular complexity index is 1110. The highest BCUT2D eigenvalue weighted by atomic mass is 35.5. The minimum atomic E-state index is -0.831. The van der Waals surface area contributed by atoms with Crippen LogP contribution in [-0.4, -0.2) is 61.8 Å². The Morgan fingerprint density at radius 2 is 1.91 bits per heavy atom. The van der Waals surface area contributed by atoms with Crippen LogP contribution in [0.2, 0.25) is 5.02 Å².